The van der Waals surface area contributed by atoms with Crippen molar-refractivity contribution in [1.29, 1.82) is 0 Å². The Labute approximate surface area is 155 Å². The molecule has 0 bridgehead atoms. The van der Waals surface area contributed by atoms with Gasteiger partial charge >= 0.3 is 5.97 Å². The van der Waals surface area contributed by atoms with Crippen molar-refractivity contribution < 1.29 is 31.7 Å². The summed E-state index contributed by atoms with van der Waals surface area (Å²) in [4.78, 5) is 14.8. The van der Waals surface area contributed by atoms with E-state index in [0.717, 1.165) is 18.4 Å². The topological polar surface area (TPSA) is 49.8 Å². The molecular formula is C19H27CuNO3. The van der Waals surface area contributed by atoms with Crippen molar-refractivity contribution in [3.63, 3.8) is 0 Å². The second-order valence-corrected chi connectivity index (χ2v) is 7.15. The van der Waals surface area contributed by atoms with Gasteiger partial charge in [-0.25, -0.2) is 0 Å². The summed E-state index contributed by atoms with van der Waals surface area (Å²) in [6.45, 7) is 6.54. The minimum absolute atomic E-state index is 0. The Kier molecular flexibility index (Phi) is 5.81. The molecule has 5 heteroatoms. The molecule has 2 aliphatic rings. The first-order valence-electron chi connectivity index (χ1n) is 8.70. The Morgan fingerprint density at radius 2 is 1.96 bits per heavy atom. The average molecular weight is 381 g/mol. The molecule has 0 unspecified atom stereocenters. The molecule has 1 N–H and O–H groups in total. The zero-order valence-corrected chi connectivity index (χ0v) is 15.5. The Morgan fingerprint density at radius 3 is 2.54 bits per heavy atom. The number of nitrogens with zero attached hydrogens (tertiary/aromatic N) is 1. The van der Waals surface area contributed by atoms with Gasteiger partial charge in [0, 0.05) is 23.1 Å². The zero-order chi connectivity index (χ0) is 16.7. The van der Waals surface area contributed by atoms with Crippen LogP contribution in [0.25, 0.3) is 0 Å². The maximum Gasteiger partial charge on any atom is 0.326 e. The molecule has 0 aromatic heterocycles. The van der Waals surface area contributed by atoms with Crippen LogP contribution in [0.15, 0.2) is 30.3 Å². The molecule has 3 atom stereocenters. The number of benzene rings is 1. The number of ether oxygens (including phenoxy) is 1. The van der Waals surface area contributed by atoms with E-state index >= 15 is 0 Å². The van der Waals surface area contributed by atoms with Crippen molar-refractivity contribution in [1.82, 2.24) is 4.90 Å². The number of carbonyl (C=O) groups is 1. The minimum atomic E-state index is -1.08. The molecule has 0 aliphatic carbocycles. The van der Waals surface area contributed by atoms with Gasteiger partial charge in [0.15, 0.2) is 0 Å². The summed E-state index contributed by atoms with van der Waals surface area (Å²) >= 11 is 0. The Bertz CT molecular complexity index is 579. The second-order valence-electron chi connectivity index (χ2n) is 7.15. The molecule has 2 aliphatic heterocycles. The van der Waals surface area contributed by atoms with E-state index in [9.17, 15) is 9.90 Å². The predicted octanol–water partition coefficient (Wildman–Crippen LogP) is 3.05. The van der Waals surface area contributed by atoms with Crippen LogP contribution < -0.4 is 0 Å². The molecule has 3 rings (SSSR count). The van der Waals surface area contributed by atoms with Crippen molar-refractivity contribution >= 4 is 5.97 Å². The molecule has 137 valence electrons. The van der Waals surface area contributed by atoms with Gasteiger partial charge in [0.1, 0.15) is 11.3 Å². The van der Waals surface area contributed by atoms with E-state index in [2.05, 4.69) is 18.7 Å². The van der Waals surface area contributed by atoms with E-state index in [1.807, 2.05) is 37.3 Å². The fourth-order valence-corrected chi connectivity index (χ4v) is 4.52. The fourth-order valence-electron chi connectivity index (χ4n) is 4.52. The van der Waals surface area contributed by atoms with Gasteiger partial charge in [0.2, 0.25) is 0 Å². The number of rotatable bonds is 4. The summed E-state index contributed by atoms with van der Waals surface area (Å²) in [5, 5.41) is 11.6. The molecule has 2 fully saturated rings. The maximum absolute atomic E-state index is 12.8. The second kappa shape index (κ2) is 7.17. The Morgan fingerprint density at radius 1 is 1.29 bits per heavy atom. The van der Waals surface area contributed by atoms with Crippen LogP contribution in [0, 0.1) is 5.92 Å². The van der Waals surface area contributed by atoms with Gasteiger partial charge in [-0.05, 0) is 44.1 Å². The van der Waals surface area contributed by atoms with Crippen LogP contribution in [0.2, 0.25) is 0 Å². The summed E-state index contributed by atoms with van der Waals surface area (Å²) in [5.74, 6) is 0.203. The van der Waals surface area contributed by atoms with Crippen molar-refractivity contribution in [2.45, 2.75) is 63.8 Å². The van der Waals surface area contributed by atoms with Crippen LogP contribution in [0.5, 0.6) is 0 Å². The van der Waals surface area contributed by atoms with Gasteiger partial charge in [-0.15, -0.1) is 0 Å². The van der Waals surface area contributed by atoms with Crippen LogP contribution in [0.4, 0.5) is 0 Å². The van der Waals surface area contributed by atoms with Crippen LogP contribution in [-0.2, 0) is 32.3 Å². The molecule has 1 radical (unpaired) electrons. The first kappa shape index (κ1) is 19.5. The number of hydrogen-bond acceptors (Lipinski definition) is 4. The molecule has 0 amide bonds. The first-order valence-corrected chi connectivity index (χ1v) is 8.70. The van der Waals surface area contributed by atoms with Crippen molar-refractivity contribution in [2.24, 2.45) is 5.92 Å². The summed E-state index contributed by atoms with van der Waals surface area (Å²) < 4.78 is 5.40. The van der Waals surface area contributed by atoms with Gasteiger partial charge in [0.05, 0.1) is 6.61 Å². The number of aliphatic hydroxyl groups is 1. The minimum Gasteiger partial charge on any atom is -0.465 e. The molecule has 2 saturated heterocycles. The summed E-state index contributed by atoms with van der Waals surface area (Å²) in [5.41, 5.74) is -0.881. The number of carbonyl (C=O) groups excluding carboxylic acids is 1. The number of esters is 1. The normalized spacial score (nSPS) is 32.5. The first-order chi connectivity index (χ1) is 11.0. The van der Waals surface area contributed by atoms with E-state index in [4.69, 9.17) is 4.74 Å². The fraction of sp³-hybridized carbons (Fsp3) is 0.632. The Hall–Kier alpha value is -0.871. The third-order valence-electron chi connectivity index (χ3n) is 5.59. The van der Waals surface area contributed by atoms with Crippen molar-refractivity contribution in [3.8, 4) is 0 Å². The van der Waals surface area contributed by atoms with Crippen molar-refractivity contribution in [2.75, 3.05) is 6.61 Å². The molecule has 24 heavy (non-hydrogen) atoms. The monoisotopic (exact) mass is 380 g/mol. The molecular weight excluding hydrogens is 354 g/mol. The Balaban J connectivity index is 0.00000208. The standard InChI is InChI=1S/C19H27NO3.Cu/c1-4-23-17(21)18-11-10-16(14(2)3)20(18)19(22,13-12-18)15-8-6-5-7-9-15;/h5-9,14,16,22H,4,10-13H2,1-3H3;/t16-,18+,19-;/m0./s1. The van der Waals surface area contributed by atoms with Gasteiger partial charge in [-0.2, -0.15) is 0 Å². The largest absolute Gasteiger partial charge is 0.465 e. The van der Waals surface area contributed by atoms with E-state index in [0.29, 0.717) is 25.4 Å². The zero-order valence-electron chi connectivity index (χ0n) is 14.6. The molecule has 0 spiro atoms. The third kappa shape index (κ3) is 2.82. The van der Waals surface area contributed by atoms with Crippen LogP contribution in [0.3, 0.4) is 0 Å². The molecule has 2 heterocycles. The van der Waals surface area contributed by atoms with E-state index in [-0.39, 0.29) is 29.1 Å². The summed E-state index contributed by atoms with van der Waals surface area (Å²) in [7, 11) is 0. The van der Waals surface area contributed by atoms with Crippen LogP contribution in [-0.4, -0.2) is 34.2 Å². The maximum atomic E-state index is 12.8. The predicted molar refractivity (Wildman–Crippen MR) is 88.6 cm³/mol. The van der Waals surface area contributed by atoms with E-state index in [1.54, 1.807) is 0 Å². The van der Waals surface area contributed by atoms with Gasteiger partial charge < -0.3 is 9.84 Å². The average Bonchev–Trinajstić information content (AvgIpc) is 3.07. The quantitative estimate of drug-likeness (QED) is 0.644. The number of hydrogen-bond donors (Lipinski definition) is 1. The van der Waals surface area contributed by atoms with E-state index < -0.39 is 11.3 Å². The molecule has 0 saturated carbocycles. The molecule has 4 nitrogen and oxygen atoms in total. The summed E-state index contributed by atoms with van der Waals surface area (Å²) in [6, 6.07) is 9.93. The SMILES string of the molecule is CCOC(=O)[C@]12CC[C@@H](C(C)C)N1[C@@](O)(c1ccccc1)CC2.[Cu]. The van der Waals surface area contributed by atoms with Gasteiger partial charge in [-0.3, -0.25) is 9.69 Å². The molecule has 1 aromatic carbocycles. The van der Waals surface area contributed by atoms with Gasteiger partial charge in [0.25, 0.3) is 0 Å². The smallest absolute Gasteiger partial charge is 0.326 e. The summed E-state index contributed by atoms with van der Waals surface area (Å²) in [6.07, 6.45) is 2.91. The third-order valence-corrected chi connectivity index (χ3v) is 5.59. The van der Waals surface area contributed by atoms with Crippen LogP contribution in [0.1, 0.15) is 52.0 Å². The number of fused-ring (bicyclic) bond motifs is 1. The van der Waals surface area contributed by atoms with Gasteiger partial charge in [-0.1, -0.05) is 44.2 Å². The van der Waals surface area contributed by atoms with Crippen LogP contribution >= 0.6 is 0 Å². The van der Waals surface area contributed by atoms with E-state index in [1.165, 1.54) is 0 Å². The molecule has 1 aromatic rings. The van der Waals surface area contributed by atoms with Crippen molar-refractivity contribution in [3.05, 3.63) is 35.9 Å².